The molecule has 92 valence electrons. The molecule has 0 aromatic carbocycles. The molecular weight excluding hydrogens is 202 g/mol. The first-order chi connectivity index (χ1) is 7.18. The molecule has 0 aromatic heterocycles. The van der Waals surface area contributed by atoms with Gasteiger partial charge < -0.3 is 11.5 Å². The van der Waals surface area contributed by atoms with E-state index in [4.69, 9.17) is 11.5 Å². The number of amides is 1. The predicted molar refractivity (Wildman–Crippen MR) is 63.6 cm³/mol. The fourth-order valence-corrected chi connectivity index (χ4v) is 3.01. The van der Waals surface area contributed by atoms with Gasteiger partial charge in [0, 0.05) is 30.6 Å². The summed E-state index contributed by atoms with van der Waals surface area (Å²) in [5.41, 5.74) is 11.5. The second-order valence-electron chi connectivity index (χ2n) is 6.57. The van der Waals surface area contributed by atoms with Crippen molar-refractivity contribution in [2.75, 3.05) is 13.1 Å². The molecule has 1 aliphatic heterocycles. The molecule has 2 rings (SSSR count). The van der Waals surface area contributed by atoms with Gasteiger partial charge in [0.1, 0.15) is 0 Å². The summed E-state index contributed by atoms with van der Waals surface area (Å²) in [7, 11) is 0. The number of carbonyl (C=O) groups is 1. The van der Waals surface area contributed by atoms with E-state index in [1.54, 1.807) is 0 Å². The Kier molecular flexibility index (Phi) is 2.37. The zero-order chi connectivity index (χ0) is 12.3. The minimum absolute atomic E-state index is 0.0871. The Morgan fingerprint density at radius 2 is 2.06 bits per heavy atom. The fourth-order valence-electron chi connectivity index (χ4n) is 3.01. The SMILES string of the molecule is CC(N1CC2C(C(N)=O)C2(N)C1)C(C)(C)C. The molecule has 2 aliphatic rings. The molecule has 0 bridgehead atoms. The molecular formula is C12H23N3O. The van der Waals surface area contributed by atoms with Crippen LogP contribution in [0, 0.1) is 17.3 Å². The maximum atomic E-state index is 11.2. The first-order valence-corrected chi connectivity index (χ1v) is 6.00. The number of hydrogen-bond donors (Lipinski definition) is 2. The third-order valence-corrected chi connectivity index (χ3v) is 4.58. The van der Waals surface area contributed by atoms with Gasteiger partial charge in [0.15, 0.2) is 0 Å². The van der Waals surface area contributed by atoms with Crippen LogP contribution in [0.2, 0.25) is 0 Å². The van der Waals surface area contributed by atoms with Crippen LogP contribution in [0.5, 0.6) is 0 Å². The van der Waals surface area contributed by atoms with Gasteiger partial charge >= 0.3 is 0 Å². The topological polar surface area (TPSA) is 72.3 Å². The Morgan fingerprint density at radius 3 is 2.38 bits per heavy atom. The summed E-state index contributed by atoms with van der Waals surface area (Å²) in [6, 6.07) is 0.481. The standard InChI is InChI=1S/C12H23N3O/c1-7(11(2,3)4)15-5-8-9(10(13)16)12(8,14)6-15/h7-9H,5-6,14H2,1-4H3,(H2,13,16). The van der Waals surface area contributed by atoms with Gasteiger partial charge in [-0.2, -0.15) is 0 Å². The van der Waals surface area contributed by atoms with E-state index in [2.05, 4.69) is 32.6 Å². The van der Waals surface area contributed by atoms with E-state index in [1.165, 1.54) is 0 Å². The van der Waals surface area contributed by atoms with E-state index in [0.717, 1.165) is 13.1 Å². The van der Waals surface area contributed by atoms with E-state index < -0.39 is 0 Å². The number of likely N-dealkylation sites (tertiary alicyclic amines) is 1. The van der Waals surface area contributed by atoms with E-state index in [9.17, 15) is 4.79 Å². The largest absolute Gasteiger partial charge is 0.369 e. The van der Waals surface area contributed by atoms with E-state index in [-0.39, 0.29) is 28.7 Å². The number of nitrogens with zero attached hydrogens (tertiary/aromatic N) is 1. The molecule has 0 aromatic rings. The lowest BCUT2D eigenvalue weighted by Gasteiger charge is -2.37. The summed E-state index contributed by atoms with van der Waals surface area (Å²) < 4.78 is 0. The average molecular weight is 225 g/mol. The highest BCUT2D eigenvalue weighted by Crippen LogP contribution is 2.54. The van der Waals surface area contributed by atoms with Crippen LogP contribution in [0.1, 0.15) is 27.7 Å². The molecule has 4 heteroatoms. The van der Waals surface area contributed by atoms with Gasteiger partial charge in [-0.05, 0) is 12.3 Å². The molecule has 16 heavy (non-hydrogen) atoms. The number of hydrogen-bond acceptors (Lipinski definition) is 3. The molecule has 4 N–H and O–H groups in total. The summed E-state index contributed by atoms with van der Waals surface area (Å²) in [5.74, 6) is -0.0266. The molecule has 4 nitrogen and oxygen atoms in total. The third kappa shape index (κ3) is 1.55. The molecule has 2 fully saturated rings. The Morgan fingerprint density at radius 1 is 1.50 bits per heavy atom. The van der Waals surface area contributed by atoms with E-state index in [0.29, 0.717) is 6.04 Å². The highest BCUT2D eigenvalue weighted by molar-refractivity contribution is 5.83. The van der Waals surface area contributed by atoms with Crippen molar-refractivity contribution in [3.8, 4) is 0 Å². The Labute approximate surface area is 97.3 Å². The van der Waals surface area contributed by atoms with E-state index in [1.807, 2.05) is 0 Å². The summed E-state index contributed by atoms with van der Waals surface area (Å²) in [5, 5.41) is 0. The summed E-state index contributed by atoms with van der Waals surface area (Å²) in [6.45, 7) is 10.7. The normalized spacial score (nSPS) is 40.6. The van der Waals surface area contributed by atoms with Gasteiger partial charge in [-0.25, -0.2) is 0 Å². The van der Waals surface area contributed by atoms with Crippen molar-refractivity contribution in [3.63, 3.8) is 0 Å². The van der Waals surface area contributed by atoms with Crippen LogP contribution in [-0.4, -0.2) is 35.5 Å². The summed E-state index contributed by atoms with van der Waals surface area (Å²) >= 11 is 0. The van der Waals surface area contributed by atoms with Crippen LogP contribution in [0.3, 0.4) is 0 Å². The van der Waals surface area contributed by atoms with Crippen molar-refractivity contribution in [1.82, 2.24) is 4.90 Å². The minimum Gasteiger partial charge on any atom is -0.369 e. The highest BCUT2D eigenvalue weighted by atomic mass is 16.1. The molecule has 4 unspecified atom stereocenters. The predicted octanol–water partition coefficient (Wildman–Crippen LogP) is 0.165. The lowest BCUT2D eigenvalue weighted by atomic mass is 9.87. The van der Waals surface area contributed by atoms with Gasteiger partial charge in [-0.15, -0.1) is 0 Å². The molecule has 0 radical (unpaired) electrons. The second-order valence-corrected chi connectivity index (χ2v) is 6.57. The van der Waals surface area contributed by atoms with Crippen molar-refractivity contribution in [2.24, 2.45) is 28.7 Å². The second kappa shape index (κ2) is 3.20. The smallest absolute Gasteiger partial charge is 0.222 e. The monoisotopic (exact) mass is 225 g/mol. The van der Waals surface area contributed by atoms with Gasteiger partial charge in [0.2, 0.25) is 5.91 Å². The zero-order valence-corrected chi connectivity index (χ0v) is 10.7. The molecule has 1 heterocycles. The molecule has 4 atom stereocenters. The molecule has 1 aliphatic carbocycles. The van der Waals surface area contributed by atoms with Gasteiger partial charge in [-0.3, -0.25) is 9.69 Å². The lowest BCUT2D eigenvalue weighted by Crippen LogP contribution is -2.47. The van der Waals surface area contributed by atoms with E-state index >= 15 is 0 Å². The highest BCUT2D eigenvalue weighted by Gasteiger charge is 2.69. The number of carbonyl (C=O) groups excluding carboxylic acids is 1. The first kappa shape index (κ1) is 11.9. The lowest BCUT2D eigenvalue weighted by molar-refractivity contribution is -0.120. The van der Waals surface area contributed by atoms with Gasteiger partial charge in [0.25, 0.3) is 0 Å². The summed E-state index contributed by atoms with van der Waals surface area (Å²) in [6.07, 6.45) is 0. The number of piperidine rings is 1. The van der Waals surface area contributed by atoms with Crippen LogP contribution >= 0.6 is 0 Å². The number of primary amides is 1. The molecule has 1 saturated carbocycles. The third-order valence-electron chi connectivity index (χ3n) is 4.58. The quantitative estimate of drug-likeness (QED) is 0.703. The van der Waals surface area contributed by atoms with Crippen LogP contribution in [0.25, 0.3) is 0 Å². The van der Waals surface area contributed by atoms with Crippen molar-refractivity contribution in [3.05, 3.63) is 0 Å². The number of nitrogens with two attached hydrogens (primary N) is 2. The molecule has 1 amide bonds. The molecule has 1 saturated heterocycles. The zero-order valence-electron chi connectivity index (χ0n) is 10.7. The minimum atomic E-state index is -0.328. The Balaban J connectivity index is 2.01. The summed E-state index contributed by atoms with van der Waals surface area (Å²) in [4.78, 5) is 13.6. The van der Waals surface area contributed by atoms with Crippen LogP contribution in [-0.2, 0) is 4.79 Å². The van der Waals surface area contributed by atoms with Crippen LogP contribution in [0.15, 0.2) is 0 Å². The number of rotatable bonds is 2. The molecule has 0 spiro atoms. The average Bonchev–Trinajstić information content (AvgIpc) is 2.52. The Hall–Kier alpha value is -0.610. The van der Waals surface area contributed by atoms with Crippen molar-refractivity contribution in [2.45, 2.75) is 39.3 Å². The fraction of sp³-hybridized carbons (Fsp3) is 0.917. The first-order valence-electron chi connectivity index (χ1n) is 6.00. The van der Waals surface area contributed by atoms with Gasteiger partial charge in [0.05, 0.1) is 5.92 Å². The van der Waals surface area contributed by atoms with Crippen LogP contribution in [0.4, 0.5) is 0 Å². The van der Waals surface area contributed by atoms with Crippen molar-refractivity contribution in [1.29, 1.82) is 0 Å². The Bertz CT molecular complexity index is 323. The van der Waals surface area contributed by atoms with Crippen molar-refractivity contribution < 1.29 is 4.79 Å². The maximum Gasteiger partial charge on any atom is 0.222 e. The van der Waals surface area contributed by atoms with Gasteiger partial charge in [-0.1, -0.05) is 20.8 Å². The van der Waals surface area contributed by atoms with Crippen molar-refractivity contribution >= 4 is 5.91 Å². The maximum absolute atomic E-state index is 11.2. The number of fused-ring (bicyclic) bond motifs is 1. The van der Waals surface area contributed by atoms with Crippen LogP contribution < -0.4 is 11.5 Å².